The van der Waals surface area contributed by atoms with E-state index in [9.17, 15) is 9.59 Å². The van der Waals surface area contributed by atoms with E-state index in [1.54, 1.807) is 42.5 Å². The highest BCUT2D eigenvalue weighted by atomic mass is 16.5. The maximum Gasteiger partial charge on any atom is 0.277 e. The molecule has 3 heterocycles. The van der Waals surface area contributed by atoms with Gasteiger partial charge >= 0.3 is 0 Å². The Morgan fingerprint density at radius 2 is 1.78 bits per heavy atom. The van der Waals surface area contributed by atoms with Gasteiger partial charge in [-0.05, 0) is 67.8 Å². The Morgan fingerprint density at radius 3 is 2.46 bits per heavy atom. The molecule has 0 spiro atoms. The highest BCUT2D eigenvalue weighted by Gasteiger charge is 2.34. The van der Waals surface area contributed by atoms with Crippen molar-refractivity contribution in [2.45, 2.75) is 31.8 Å². The van der Waals surface area contributed by atoms with Crippen LogP contribution in [0.4, 0.5) is 5.69 Å². The average molecular weight is 498 g/mol. The minimum absolute atomic E-state index is 0.126. The van der Waals surface area contributed by atoms with Crippen LogP contribution in [0.5, 0.6) is 5.75 Å². The zero-order valence-corrected chi connectivity index (χ0v) is 20.4. The van der Waals surface area contributed by atoms with Crippen molar-refractivity contribution in [3.05, 3.63) is 83.7 Å². The van der Waals surface area contributed by atoms with E-state index >= 15 is 0 Å². The largest absolute Gasteiger partial charge is 0.497 e. The summed E-state index contributed by atoms with van der Waals surface area (Å²) in [4.78, 5) is 32.1. The Bertz CT molecular complexity index is 1470. The molecule has 4 aromatic rings. The lowest BCUT2D eigenvalue weighted by Gasteiger charge is -2.28. The van der Waals surface area contributed by atoms with Crippen LogP contribution in [0.25, 0.3) is 11.4 Å². The second kappa shape index (κ2) is 9.21. The number of carbonyl (C=O) groups excluding carboxylic acids is 2. The van der Waals surface area contributed by atoms with Gasteiger partial charge in [-0.25, -0.2) is 9.67 Å². The van der Waals surface area contributed by atoms with Crippen molar-refractivity contribution in [1.29, 1.82) is 0 Å². The molecule has 3 N–H and O–H groups in total. The molecular formula is C27H27N7O3. The summed E-state index contributed by atoms with van der Waals surface area (Å²) in [5.74, 6) is 0.737. The molecule has 1 aliphatic heterocycles. The zero-order chi connectivity index (χ0) is 25.5. The van der Waals surface area contributed by atoms with E-state index in [4.69, 9.17) is 10.5 Å². The molecule has 0 atom stereocenters. The van der Waals surface area contributed by atoms with Gasteiger partial charge in [0.15, 0.2) is 5.69 Å². The summed E-state index contributed by atoms with van der Waals surface area (Å²) < 4.78 is 8.79. The Kier molecular flexibility index (Phi) is 5.72. The number of imidazole rings is 1. The quantitative estimate of drug-likeness (QED) is 0.386. The fraction of sp³-hybridized carbons (Fsp3) is 0.259. The molecule has 2 aliphatic rings. The minimum Gasteiger partial charge on any atom is -0.497 e. The first-order valence-electron chi connectivity index (χ1n) is 12.3. The van der Waals surface area contributed by atoms with E-state index in [0.717, 1.165) is 17.2 Å². The molecule has 2 aromatic carbocycles. The van der Waals surface area contributed by atoms with Gasteiger partial charge in [-0.2, -0.15) is 5.10 Å². The number of methoxy groups -OCH3 is 1. The van der Waals surface area contributed by atoms with Crippen LogP contribution in [0.3, 0.4) is 0 Å². The Morgan fingerprint density at radius 1 is 1.08 bits per heavy atom. The third kappa shape index (κ3) is 4.25. The number of nitrogens with zero attached hydrogens (tertiary/aromatic N) is 5. The van der Waals surface area contributed by atoms with Gasteiger partial charge in [0.25, 0.3) is 11.8 Å². The molecule has 1 saturated carbocycles. The van der Waals surface area contributed by atoms with Crippen LogP contribution >= 0.6 is 0 Å². The monoisotopic (exact) mass is 497 g/mol. The number of fused-ring (bicyclic) bond motifs is 1. The highest BCUT2D eigenvalue weighted by Crippen LogP contribution is 2.30. The van der Waals surface area contributed by atoms with E-state index in [0.29, 0.717) is 48.2 Å². The lowest BCUT2D eigenvalue weighted by atomic mass is 10.0. The van der Waals surface area contributed by atoms with E-state index in [-0.39, 0.29) is 11.6 Å². The van der Waals surface area contributed by atoms with Gasteiger partial charge in [-0.3, -0.25) is 9.59 Å². The molecule has 2 aromatic heterocycles. The predicted octanol–water partition coefficient (Wildman–Crippen LogP) is 2.62. The molecule has 0 saturated heterocycles. The number of ether oxygens (including phenoxy) is 1. The number of hydrogen-bond donors (Lipinski definition) is 2. The molecule has 0 unspecified atom stereocenters. The Labute approximate surface area is 213 Å². The maximum absolute atomic E-state index is 13.8. The van der Waals surface area contributed by atoms with E-state index in [1.165, 1.54) is 17.5 Å². The molecule has 188 valence electrons. The van der Waals surface area contributed by atoms with Gasteiger partial charge in [0.05, 0.1) is 19.3 Å². The van der Waals surface area contributed by atoms with Crippen LogP contribution in [0.15, 0.2) is 60.9 Å². The first-order valence-corrected chi connectivity index (χ1v) is 12.3. The number of benzene rings is 2. The van der Waals surface area contributed by atoms with Crippen LogP contribution in [-0.4, -0.2) is 50.8 Å². The summed E-state index contributed by atoms with van der Waals surface area (Å²) in [6.45, 7) is 1.13. The number of nitrogens with two attached hydrogens (primary N) is 1. The van der Waals surface area contributed by atoms with Crippen molar-refractivity contribution < 1.29 is 14.3 Å². The zero-order valence-electron chi connectivity index (χ0n) is 20.4. The van der Waals surface area contributed by atoms with Gasteiger partial charge in [0.1, 0.15) is 17.3 Å². The molecule has 37 heavy (non-hydrogen) atoms. The molecule has 0 bridgehead atoms. The van der Waals surface area contributed by atoms with Crippen LogP contribution in [0, 0.1) is 0 Å². The number of nitrogens with one attached hydrogen (secondary N) is 1. The Balaban J connectivity index is 1.30. The minimum atomic E-state index is -0.651. The summed E-state index contributed by atoms with van der Waals surface area (Å²) in [6, 6.07) is 15.6. The van der Waals surface area contributed by atoms with Crippen LogP contribution in [0.2, 0.25) is 0 Å². The van der Waals surface area contributed by atoms with Gasteiger partial charge < -0.3 is 25.3 Å². The van der Waals surface area contributed by atoms with Crippen LogP contribution in [0.1, 0.15) is 45.2 Å². The van der Waals surface area contributed by atoms with E-state index in [1.807, 2.05) is 35.0 Å². The lowest BCUT2D eigenvalue weighted by molar-refractivity contribution is 0.0972. The van der Waals surface area contributed by atoms with Gasteiger partial charge in [-0.15, -0.1) is 0 Å². The molecule has 1 aliphatic carbocycles. The third-order valence-electron chi connectivity index (χ3n) is 6.85. The second-order valence-corrected chi connectivity index (χ2v) is 9.24. The number of hydrogen-bond acceptors (Lipinski definition) is 6. The van der Waals surface area contributed by atoms with E-state index in [2.05, 4.69) is 15.4 Å². The topological polar surface area (TPSA) is 120 Å². The molecule has 2 amide bonds. The van der Waals surface area contributed by atoms with E-state index < -0.39 is 5.91 Å². The summed E-state index contributed by atoms with van der Waals surface area (Å²) in [5, 5.41) is 7.92. The first-order chi connectivity index (χ1) is 18.0. The second-order valence-electron chi connectivity index (χ2n) is 9.24. The van der Waals surface area contributed by atoms with Crippen LogP contribution in [-0.2, 0) is 13.0 Å². The molecule has 10 heteroatoms. The molecule has 0 radical (unpaired) electrons. The van der Waals surface area contributed by atoms with Crippen molar-refractivity contribution in [1.82, 2.24) is 24.6 Å². The highest BCUT2D eigenvalue weighted by molar-refractivity contribution is 6.09. The van der Waals surface area contributed by atoms with Crippen molar-refractivity contribution in [3.63, 3.8) is 0 Å². The SMILES string of the molecule is COc1ccc(-n2nc(C(N)=O)c3c2C(=O)N(c2ccc(-n4ccnc4CNC4CC4)cc2)CC3)cc1. The summed E-state index contributed by atoms with van der Waals surface area (Å²) in [6.07, 6.45) is 6.65. The van der Waals surface area contributed by atoms with Gasteiger partial charge in [0, 0.05) is 41.9 Å². The standard InChI is InChI=1S/C27H27N7O3/c1-37-21-10-8-20(9-11-21)34-25-22(24(31-34)26(28)35)12-14-33(27(25)36)19-6-4-18(5-7-19)32-15-13-29-23(32)16-30-17-2-3-17/h4-11,13,15,17,30H,2-3,12,14,16H2,1H3,(H2,28,35). The van der Waals surface area contributed by atoms with Gasteiger partial charge in [-0.1, -0.05) is 0 Å². The summed E-state index contributed by atoms with van der Waals surface area (Å²) in [7, 11) is 1.58. The normalized spacial score (nSPS) is 15.1. The predicted molar refractivity (Wildman–Crippen MR) is 137 cm³/mol. The number of anilines is 1. The van der Waals surface area contributed by atoms with Crippen LogP contribution < -0.4 is 20.7 Å². The fourth-order valence-corrected chi connectivity index (χ4v) is 4.73. The average Bonchev–Trinajstić information content (AvgIpc) is 3.48. The molecular weight excluding hydrogens is 470 g/mol. The molecule has 1 fully saturated rings. The van der Waals surface area contributed by atoms with Crippen molar-refractivity contribution in [3.8, 4) is 17.1 Å². The lowest BCUT2D eigenvalue weighted by Crippen LogP contribution is -2.39. The Hall–Kier alpha value is -4.44. The first kappa shape index (κ1) is 23.0. The van der Waals surface area contributed by atoms with Crippen molar-refractivity contribution in [2.75, 3.05) is 18.6 Å². The third-order valence-corrected chi connectivity index (χ3v) is 6.85. The maximum atomic E-state index is 13.8. The number of primary amides is 1. The number of rotatable bonds is 8. The smallest absolute Gasteiger partial charge is 0.277 e. The number of carbonyl (C=O) groups is 2. The number of aromatic nitrogens is 4. The fourth-order valence-electron chi connectivity index (χ4n) is 4.73. The van der Waals surface area contributed by atoms with Gasteiger partial charge in [0.2, 0.25) is 0 Å². The summed E-state index contributed by atoms with van der Waals surface area (Å²) >= 11 is 0. The molecule has 6 rings (SSSR count). The molecule has 10 nitrogen and oxygen atoms in total. The van der Waals surface area contributed by atoms with Crippen molar-refractivity contribution in [2.24, 2.45) is 5.73 Å². The van der Waals surface area contributed by atoms with Crippen molar-refractivity contribution >= 4 is 17.5 Å². The summed E-state index contributed by atoms with van der Waals surface area (Å²) in [5.41, 5.74) is 9.03. The number of amides is 2.